The van der Waals surface area contributed by atoms with Gasteiger partial charge in [-0.1, -0.05) is 91.0 Å². The van der Waals surface area contributed by atoms with E-state index in [2.05, 4.69) is 126 Å². The third kappa shape index (κ3) is 3.16. The van der Waals surface area contributed by atoms with Gasteiger partial charge in [0.1, 0.15) is 17.0 Å². The van der Waals surface area contributed by atoms with E-state index in [-0.39, 0.29) is 0 Å². The Balaban J connectivity index is 1.33. The van der Waals surface area contributed by atoms with Crippen LogP contribution in [-0.4, -0.2) is 9.55 Å². The summed E-state index contributed by atoms with van der Waals surface area (Å²) in [5, 5.41) is 8.30. The fourth-order valence-corrected chi connectivity index (χ4v) is 8.17. The Morgan fingerprint density at radius 1 is 0.535 bits per heavy atom. The quantitative estimate of drug-likeness (QED) is 0.208. The SMILES string of the molecule is c1ccc2c(-c3cccc4c3sc3ccccc34)cc(-n3c4ccccc4c4c5oc6ccccc6c5ccc43)nc2c1. The summed E-state index contributed by atoms with van der Waals surface area (Å²) in [5.74, 6) is 0.897. The number of fused-ring (bicyclic) bond motifs is 11. The molecule has 0 saturated carbocycles. The van der Waals surface area contributed by atoms with Crippen LogP contribution in [0.5, 0.6) is 0 Å². The lowest BCUT2D eigenvalue weighted by molar-refractivity contribution is 0.673. The van der Waals surface area contributed by atoms with Crippen LogP contribution in [0, 0.1) is 0 Å². The van der Waals surface area contributed by atoms with Crippen molar-refractivity contribution in [2.45, 2.75) is 0 Å². The first-order valence-corrected chi connectivity index (χ1v) is 15.3. The number of pyridine rings is 1. The molecule has 0 atom stereocenters. The fourth-order valence-electron chi connectivity index (χ4n) is 6.94. The molecular weight excluding hydrogens is 545 g/mol. The zero-order chi connectivity index (χ0) is 28.1. The summed E-state index contributed by atoms with van der Waals surface area (Å²) < 4.78 is 11.4. The zero-order valence-corrected chi connectivity index (χ0v) is 23.7. The van der Waals surface area contributed by atoms with Gasteiger partial charge in [-0.15, -0.1) is 11.3 Å². The molecule has 0 aliphatic carbocycles. The molecule has 4 aromatic heterocycles. The van der Waals surface area contributed by atoms with E-state index in [1.54, 1.807) is 0 Å². The summed E-state index contributed by atoms with van der Waals surface area (Å²) in [7, 11) is 0. The average Bonchev–Trinajstić information content (AvgIpc) is 3.73. The molecule has 0 unspecified atom stereocenters. The minimum atomic E-state index is 0.897. The Hall–Kier alpha value is -5.45. The lowest BCUT2D eigenvalue weighted by Crippen LogP contribution is -1.99. The number of hydrogen-bond acceptors (Lipinski definition) is 3. The van der Waals surface area contributed by atoms with Crippen LogP contribution >= 0.6 is 11.3 Å². The van der Waals surface area contributed by atoms with Gasteiger partial charge in [-0.2, -0.15) is 0 Å². The minimum Gasteiger partial charge on any atom is -0.455 e. The molecule has 10 rings (SSSR count). The normalized spacial score (nSPS) is 12.2. The lowest BCUT2D eigenvalue weighted by atomic mass is 9.99. The highest BCUT2D eigenvalue weighted by Gasteiger charge is 2.21. The van der Waals surface area contributed by atoms with Crippen molar-refractivity contribution >= 4 is 86.2 Å². The molecule has 3 nitrogen and oxygen atoms in total. The standard InChI is InChI=1S/C39H22N2OS/c1-5-16-31-23(10-1)30(28-15-9-14-27-25-12-4-8-19-35(25)43-39(27)28)22-36(40-31)41-32-17-6-2-13-29(32)37-33(41)21-20-26-24-11-3-7-18-34(24)42-38(26)37/h1-22H. The number of furan rings is 1. The molecule has 0 aliphatic heterocycles. The van der Waals surface area contributed by atoms with Crippen molar-refractivity contribution in [3.05, 3.63) is 133 Å². The van der Waals surface area contributed by atoms with E-state index < -0.39 is 0 Å². The molecule has 10 aromatic rings. The highest BCUT2D eigenvalue weighted by atomic mass is 32.1. The van der Waals surface area contributed by atoms with Crippen molar-refractivity contribution in [2.75, 3.05) is 0 Å². The van der Waals surface area contributed by atoms with Crippen molar-refractivity contribution in [1.82, 2.24) is 9.55 Å². The van der Waals surface area contributed by atoms with E-state index in [1.165, 1.54) is 31.3 Å². The second-order valence-corrected chi connectivity index (χ2v) is 12.2. The molecular formula is C39H22N2OS. The summed E-state index contributed by atoms with van der Waals surface area (Å²) in [4.78, 5) is 5.29. The van der Waals surface area contributed by atoms with Crippen molar-refractivity contribution in [3.8, 4) is 16.9 Å². The molecule has 0 bridgehead atoms. The van der Waals surface area contributed by atoms with E-state index in [0.717, 1.165) is 60.5 Å². The van der Waals surface area contributed by atoms with Gasteiger partial charge in [-0.25, -0.2) is 4.98 Å². The van der Waals surface area contributed by atoms with Crippen molar-refractivity contribution in [1.29, 1.82) is 0 Å². The maximum Gasteiger partial charge on any atom is 0.145 e. The first kappa shape index (κ1) is 23.1. The molecule has 4 heterocycles. The summed E-state index contributed by atoms with van der Waals surface area (Å²) in [5.41, 5.74) is 7.42. The van der Waals surface area contributed by atoms with E-state index in [9.17, 15) is 0 Å². The predicted molar refractivity (Wildman–Crippen MR) is 182 cm³/mol. The number of para-hydroxylation sites is 3. The van der Waals surface area contributed by atoms with Crippen molar-refractivity contribution in [2.24, 2.45) is 0 Å². The Morgan fingerprint density at radius 2 is 1.28 bits per heavy atom. The van der Waals surface area contributed by atoms with Gasteiger partial charge < -0.3 is 4.42 Å². The van der Waals surface area contributed by atoms with Crippen LogP contribution in [0.3, 0.4) is 0 Å². The molecule has 0 N–H and O–H groups in total. The molecule has 43 heavy (non-hydrogen) atoms. The van der Waals surface area contributed by atoms with Crippen LogP contribution in [0.4, 0.5) is 0 Å². The first-order chi connectivity index (χ1) is 21.3. The van der Waals surface area contributed by atoms with Gasteiger partial charge >= 0.3 is 0 Å². The maximum absolute atomic E-state index is 6.53. The topological polar surface area (TPSA) is 31.0 Å². The monoisotopic (exact) mass is 566 g/mol. The van der Waals surface area contributed by atoms with Gasteiger partial charge in [0.05, 0.1) is 21.9 Å². The number of aromatic nitrogens is 2. The Labute approximate surface area is 249 Å². The van der Waals surface area contributed by atoms with Gasteiger partial charge in [0.2, 0.25) is 0 Å². The molecule has 4 heteroatoms. The lowest BCUT2D eigenvalue weighted by Gasteiger charge is -2.13. The summed E-state index contributed by atoms with van der Waals surface area (Å²) in [6.07, 6.45) is 0. The Morgan fingerprint density at radius 3 is 2.21 bits per heavy atom. The van der Waals surface area contributed by atoms with E-state index >= 15 is 0 Å². The molecule has 0 amide bonds. The van der Waals surface area contributed by atoms with Gasteiger partial charge in [0.25, 0.3) is 0 Å². The zero-order valence-electron chi connectivity index (χ0n) is 22.9. The molecule has 0 fully saturated rings. The maximum atomic E-state index is 6.53. The highest BCUT2D eigenvalue weighted by molar-refractivity contribution is 7.26. The van der Waals surface area contributed by atoms with Crippen molar-refractivity contribution < 1.29 is 4.42 Å². The number of benzene rings is 6. The van der Waals surface area contributed by atoms with Crippen LogP contribution in [0.1, 0.15) is 0 Å². The van der Waals surface area contributed by atoms with E-state index in [4.69, 9.17) is 9.40 Å². The number of nitrogens with zero attached hydrogens (tertiary/aromatic N) is 2. The molecule has 0 radical (unpaired) electrons. The van der Waals surface area contributed by atoms with E-state index in [0.29, 0.717) is 0 Å². The first-order valence-electron chi connectivity index (χ1n) is 14.5. The summed E-state index contributed by atoms with van der Waals surface area (Å²) in [6, 6.07) is 47.5. The number of thiophene rings is 1. The predicted octanol–water partition coefficient (Wildman–Crippen LogP) is 11.3. The van der Waals surface area contributed by atoms with Crippen LogP contribution in [-0.2, 0) is 0 Å². The molecule has 0 saturated heterocycles. The van der Waals surface area contributed by atoms with Crippen LogP contribution in [0.15, 0.2) is 138 Å². The fraction of sp³-hybridized carbons (Fsp3) is 0. The third-order valence-corrected chi connectivity index (χ3v) is 10.0. The second kappa shape index (κ2) is 8.54. The number of hydrogen-bond donors (Lipinski definition) is 0. The number of rotatable bonds is 2. The van der Waals surface area contributed by atoms with Crippen molar-refractivity contribution in [3.63, 3.8) is 0 Å². The smallest absolute Gasteiger partial charge is 0.145 e. The van der Waals surface area contributed by atoms with Crippen LogP contribution < -0.4 is 0 Å². The second-order valence-electron chi connectivity index (χ2n) is 11.1. The Kier molecular flexibility index (Phi) is 4.60. The molecule has 200 valence electrons. The van der Waals surface area contributed by atoms with Gasteiger partial charge in [0.15, 0.2) is 0 Å². The third-order valence-electron chi connectivity index (χ3n) is 8.81. The minimum absolute atomic E-state index is 0.897. The molecule has 0 aliphatic rings. The van der Waals surface area contributed by atoms with E-state index in [1.807, 2.05) is 23.5 Å². The van der Waals surface area contributed by atoms with Crippen LogP contribution in [0.2, 0.25) is 0 Å². The summed E-state index contributed by atoms with van der Waals surface area (Å²) >= 11 is 1.86. The Bertz CT molecular complexity index is 2740. The van der Waals surface area contributed by atoms with Gasteiger partial charge in [-0.3, -0.25) is 4.57 Å². The van der Waals surface area contributed by atoms with Gasteiger partial charge in [0, 0.05) is 47.3 Å². The average molecular weight is 567 g/mol. The summed E-state index contributed by atoms with van der Waals surface area (Å²) in [6.45, 7) is 0. The highest BCUT2D eigenvalue weighted by Crippen LogP contribution is 2.44. The molecule has 0 spiro atoms. The van der Waals surface area contributed by atoms with Crippen LogP contribution in [0.25, 0.3) is 91.8 Å². The largest absolute Gasteiger partial charge is 0.455 e. The molecule has 6 aromatic carbocycles. The van der Waals surface area contributed by atoms with Gasteiger partial charge in [-0.05, 0) is 48.0 Å².